The Kier molecular flexibility index (Phi) is 2.89. The van der Waals surface area contributed by atoms with Gasteiger partial charge in [0.25, 0.3) is 0 Å². The zero-order chi connectivity index (χ0) is 13.5. The SMILES string of the molecule is C=C1COC2(OCC(C)(C)C(c3ccccc3)O2)O1. The molecule has 2 aliphatic heterocycles. The number of hydrogen-bond acceptors (Lipinski definition) is 4. The average Bonchev–Trinajstić information content (AvgIpc) is 2.76. The smallest absolute Gasteiger partial charge is 0.419 e. The molecule has 0 aliphatic carbocycles. The first-order valence-electron chi connectivity index (χ1n) is 6.38. The topological polar surface area (TPSA) is 36.9 Å². The van der Waals surface area contributed by atoms with Gasteiger partial charge in [0.15, 0.2) is 0 Å². The first kappa shape index (κ1) is 12.7. The molecule has 0 saturated carbocycles. The summed E-state index contributed by atoms with van der Waals surface area (Å²) in [5.41, 5.74) is 0.920. The Bertz CT molecular complexity index is 482. The zero-order valence-corrected chi connectivity index (χ0v) is 11.2. The third-order valence-corrected chi connectivity index (χ3v) is 3.37. The highest BCUT2D eigenvalue weighted by atomic mass is 17.0. The monoisotopic (exact) mass is 262 g/mol. The molecule has 0 radical (unpaired) electrons. The number of hydrogen-bond donors (Lipinski definition) is 0. The van der Waals surface area contributed by atoms with Crippen molar-refractivity contribution < 1.29 is 18.9 Å². The Morgan fingerprint density at radius 3 is 2.53 bits per heavy atom. The quantitative estimate of drug-likeness (QED) is 0.779. The maximum Gasteiger partial charge on any atom is 0.461 e. The summed E-state index contributed by atoms with van der Waals surface area (Å²) in [6, 6.07) is 10.0. The molecule has 1 aromatic rings. The highest BCUT2D eigenvalue weighted by Crippen LogP contribution is 2.47. The van der Waals surface area contributed by atoms with E-state index < -0.39 is 6.16 Å². The van der Waals surface area contributed by atoms with Crippen LogP contribution in [0.15, 0.2) is 42.7 Å². The van der Waals surface area contributed by atoms with E-state index in [0.717, 1.165) is 5.56 Å². The van der Waals surface area contributed by atoms with Crippen LogP contribution in [0.2, 0.25) is 0 Å². The second kappa shape index (κ2) is 4.34. The first-order chi connectivity index (χ1) is 9.01. The lowest BCUT2D eigenvalue weighted by Gasteiger charge is -2.44. The molecule has 0 N–H and O–H groups in total. The molecule has 0 amide bonds. The van der Waals surface area contributed by atoms with E-state index in [1.54, 1.807) is 0 Å². The van der Waals surface area contributed by atoms with E-state index in [2.05, 4.69) is 20.4 Å². The van der Waals surface area contributed by atoms with E-state index in [0.29, 0.717) is 19.0 Å². The molecule has 2 atom stereocenters. The molecule has 2 saturated heterocycles. The third-order valence-electron chi connectivity index (χ3n) is 3.37. The summed E-state index contributed by atoms with van der Waals surface area (Å²) in [7, 11) is 0. The highest BCUT2D eigenvalue weighted by Gasteiger charge is 2.53. The van der Waals surface area contributed by atoms with E-state index in [9.17, 15) is 0 Å². The molecule has 0 bridgehead atoms. The normalized spacial score (nSPS) is 33.4. The Morgan fingerprint density at radius 2 is 1.89 bits per heavy atom. The van der Waals surface area contributed by atoms with E-state index in [1.165, 1.54) is 0 Å². The molecule has 4 heteroatoms. The van der Waals surface area contributed by atoms with Gasteiger partial charge in [-0.25, -0.2) is 0 Å². The Labute approximate surface area is 112 Å². The van der Waals surface area contributed by atoms with Crippen LogP contribution < -0.4 is 0 Å². The zero-order valence-electron chi connectivity index (χ0n) is 11.2. The summed E-state index contributed by atoms with van der Waals surface area (Å²) in [6.07, 6.45) is -1.58. The van der Waals surface area contributed by atoms with Gasteiger partial charge in [-0.15, -0.1) is 0 Å². The van der Waals surface area contributed by atoms with Crippen molar-refractivity contribution in [2.45, 2.75) is 26.1 Å². The Morgan fingerprint density at radius 1 is 1.16 bits per heavy atom. The van der Waals surface area contributed by atoms with Crippen LogP contribution in [0.3, 0.4) is 0 Å². The van der Waals surface area contributed by atoms with Gasteiger partial charge >= 0.3 is 6.16 Å². The molecule has 1 spiro atoms. The van der Waals surface area contributed by atoms with Gasteiger partial charge in [-0.3, -0.25) is 14.2 Å². The second-order valence-electron chi connectivity index (χ2n) is 5.62. The molecule has 1 aromatic carbocycles. The summed E-state index contributed by atoms with van der Waals surface area (Å²) in [6.45, 7) is 8.71. The lowest BCUT2D eigenvalue weighted by Crippen LogP contribution is -2.49. The van der Waals surface area contributed by atoms with Crippen molar-refractivity contribution in [3.63, 3.8) is 0 Å². The predicted molar refractivity (Wildman–Crippen MR) is 68.9 cm³/mol. The molecular weight excluding hydrogens is 244 g/mol. The predicted octanol–water partition coefficient (Wildman–Crippen LogP) is 2.97. The molecular formula is C15H18O4. The molecule has 2 unspecified atom stereocenters. The molecule has 102 valence electrons. The Balaban J connectivity index is 1.90. The maximum absolute atomic E-state index is 5.98. The standard InChI is InChI=1S/C15H18O4/c1-11-9-16-15(18-11)17-10-14(2,3)13(19-15)12-7-5-4-6-8-12/h4-8,13H,1,9-10H2,2-3H3. The minimum atomic E-state index is -1.42. The maximum atomic E-state index is 5.98. The van der Waals surface area contributed by atoms with Gasteiger partial charge in [0, 0.05) is 5.41 Å². The van der Waals surface area contributed by atoms with Crippen molar-refractivity contribution in [1.82, 2.24) is 0 Å². The van der Waals surface area contributed by atoms with Gasteiger partial charge in [-0.1, -0.05) is 50.8 Å². The van der Waals surface area contributed by atoms with Crippen LogP contribution in [0, 0.1) is 5.41 Å². The number of ether oxygens (including phenoxy) is 4. The lowest BCUT2D eigenvalue weighted by atomic mass is 9.82. The van der Waals surface area contributed by atoms with Gasteiger partial charge < -0.3 is 4.74 Å². The van der Waals surface area contributed by atoms with Gasteiger partial charge in [-0.2, -0.15) is 0 Å². The van der Waals surface area contributed by atoms with Crippen LogP contribution in [0.1, 0.15) is 25.5 Å². The van der Waals surface area contributed by atoms with Gasteiger partial charge in [-0.05, 0) is 5.56 Å². The summed E-state index contributed by atoms with van der Waals surface area (Å²) < 4.78 is 22.6. The third kappa shape index (κ3) is 2.27. The van der Waals surface area contributed by atoms with E-state index in [4.69, 9.17) is 18.9 Å². The van der Waals surface area contributed by atoms with Crippen LogP contribution in [0.4, 0.5) is 0 Å². The van der Waals surface area contributed by atoms with Crippen LogP contribution >= 0.6 is 0 Å². The largest absolute Gasteiger partial charge is 0.461 e. The summed E-state index contributed by atoms with van der Waals surface area (Å²) in [5, 5.41) is 0. The number of rotatable bonds is 1. The molecule has 0 aromatic heterocycles. The van der Waals surface area contributed by atoms with Crippen molar-refractivity contribution in [3.05, 3.63) is 48.2 Å². The van der Waals surface area contributed by atoms with Crippen molar-refractivity contribution in [2.24, 2.45) is 5.41 Å². The first-order valence-corrected chi connectivity index (χ1v) is 6.38. The Hall–Kier alpha value is -1.36. The molecule has 3 rings (SSSR count). The fraction of sp³-hybridized carbons (Fsp3) is 0.467. The lowest BCUT2D eigenvalue weighted by molar-refractivity contribution is -0.505. The van der Waals surface area contributed by atoms with E-state index >= 15 is 0 Å². The molecule has 2 heterocycles. The molecule has 2 fully saturated rings. The van der Waals surface area contributed by atoms with Crippen LogP contribution in [-0.4, -0.2) is 19.4 Å². The fourth-order valence-electron chi connectivity index (χ4n) is 2.37. The average molecular weight is 262 g/mol. The summed E-state index contributed by atoms with van der Waals surface area (Å²) >= 11 is 0. The van der Waals surface area contributed by atoms with Crippen LogP contribution in [0.5, 0.6) is 0 Å². The van der Waals surface area contributed by atoms with Crippen LogP contribution in [-0.2, 0) is 18.9 Å². The van der Waals surface area contributed by atoms with E-state index in [-0.39, 0.29) is 11.5 Å². The summed E-state index contributed by atoms with van der Waals surface area (Å²) in [5.74, 6) is 0.520. The molecule has 4 nitrogen and oxygen atoms in total. The highest BCUT2D eigenvalue weighted by molar-refractivity contribution is 5.20. The number of benzene rings is 1. The van der Waals surface area contributed by atoms with E-state index in [1.807, 2.05) is 30.3 Å². The van der Waals surface area contributed by atoms with Crippen molar-refractivity contribution in [2.75, 3.05) is 13.2 Å². The van der Waals surface area contributed by atoms with Gasteiger partial charge in [0.05, 0.1) is 12.7 Å². The van der Waals surface area contributed by atoms with Crippen molar-refractivity contribution in [1.29, 1.82) is 0 Å². The minimum absolute atomic E-state index is 0.159. The fourth-order valence-corrected chi connectivity index (χ4v) is 2.37. The van der Waals surface area contributed by atoms with Crippen molar-refractivity contribution >= 4 is 0 Å². The minimum Gasteiger partial charge on any atom is -0.419 e. The van der Waals surface area contributed by atoms with Gasteiger partial charge in [0.2, 0.25) is 0 Å². The molecule has 2 aliphatic rings. The van der Waals surface area contributed by atoms with Crippen LogP contribution in [0.25, 0.3) is 0 Å². The summed E-state index contributed by atoms with van der Waals surface area (Å²) in [4.78, 5) is 0. The molecule has 19 heavy (non-hydrogen) atoms. The van der Waals surface area contributed by atoms with Gasteiger partial charge in [0.1, 0.15) is 12.4 Å². The van der Waals surface area contributed by atoms with Crippen molar-refractivity contribution in [3.8, 4) is 0 Å². The second-order valence-corrected chi connectivity index (χ2v) is 5.62.